The molecular weight excluding hydrogens is 360 g/mol. The van der Waals surface area contributed by atoms with Crippen LogP contribution in [0.5, 0.6) is 0 Å². The summed E-state index contributed by atoms with van der Waals surface area (Å²) in [5.74, 6) is 0.594. The van der Waals surface area contributed by atoms with Gasteiger partial charge < -0.3 is 10.4 Å². The number of hydrogen-bond acceptors (Lipinski definition) is 5. The monoisotopic (exact) mass is 386 g/mol. The van der Waals surface area contributed by atoms with E-state index in [2.05, 4.69) is 5.32 Å². The number of aliphatic hydroxyl groups is 1. The van der Waals surface area contributed by atoms with Gasteiger partial charge in [0.1, 0.15) is 0 Å². The van der Waals surface area contributed by atoms with E-state index >= 15 is 0 Å². The minimum atomic E-state index is -3.51. The van der Waals surface area contributed by atoms with Crippen LogP contribution in [0.15, 0.2) is 29.2 Å². The van der Waals surface area contributed by atoms with Crippen molar-refractivity contribution in [1.82, 2.24) is 4.31 Å². The molecule has 140 valence electrons. The molecule has 1 aliphatic carbocycles. The van der Waals surface area contributed by atoms with Gasteiger partial charge in [-0.2, -0.15) is 4.31 Å². The van der Waals surface area contributed by atoms with Crippen LogP contribution in [0.25, 0.3) is 0 Å². The Morgan fingerprint density at radius 2 is 1.88 bits per heavy atom. The van der Waals surface area contributed by atoms with Gasteiger partial charge in [-0.05, 0) is 37.1 Å². The van der Waals surface area contributed by atoms with Crippen molar-refractivity contribution in [2.45, 2.75) is 43.0 Å². The molecule has 1 saturated carbocycles. The Bertz CT molecular complexity index is 656. The van der Waals surface area contributed by atoms with E-state index in [4.69, 9.17) is 5.11 Å². The zero-order valence-corrected chi connectivity index (χ0v) is 16.1. The lowest BCUT2D eigenvalue weighted by Crippen LogP contribution is -2.38. The van der Waals surface area contributed by atoms with Crippen LogP contribution in [0.3, 0.4) is 0 Å². The van der Waals surface area contributed by atoms with E-state index in [1.807, 2.05) is 0 Å². The Morgan fingerprint density at radius 3 is 2.48 bits per heavy atom. The Morgan fingerprint density at radius 1 is 1.24 bits per heavy atom. The molecule has 25 heavy (non-hydrogen) atoms. The standard InChI is InChI=1S/C17H26N2O4S2/c1-19(15-5-3-2-4-6-15)25(22,23)16-9-7-14(8-10-16)18-17(21)13-24-12-11-20/h7-10,15,20H,2-6,11-13H2,1H3,(H,18,21). The lowest BCUT2D eigenvalue weighted by Gasteiger charge is -2.30. The van der Waals surface area contributed by atoms with E-state index in [0.29, 0.717) is 11.4 Å². The summed E-state index contributed by atoms with van der Waals surface area (Å²) in [4.78, 5) is 12.0. The van der Waals surface area contributed by atoms with E-state index in [0.717, 1.165) is 25.7 Å². The fraction of sp³-hybridized carbons (Fsp3) is 0.588. The minimum absolute atomic E-state index is 0.0407. The fourth-order valence-corrected chi connectivity index (χ4v) is 4.89. The third-order valence-corrected chi connectivity index (χ3v) is 7.23. The van der Waals surface area contributed by atoms with Crippen LogP contribution in [0.4, 0.5) is 5.69 Å². The lowest BCUT2D eigenvalue weighted by atomic mass is 9.96. The summed E-state index contributed by atoms with van der Waals surface area (Å²) in [6.07, 6.45) is 5.15. The molecule has 1 amide bonds. The number of anilines is 1. The Balaban J connectivity index is 1.99. The van der Waals surface area contributed by atoms with Crippen LogP contribution in [0, 0.1) is 0 Å². The van der Waals surface area contributed by atoms with Crippen molar-refractivity contribution in [3.05, 3.63) is 24.3 Å². The molecule has 0 radical (unpaired) electrons. The number of aliphatic hydroxyl groups excluding tert-OH is 1. The first-order valence-corrected chi connectivity index (χ1v) is 11.1. The van der Waals surface area contributed by atoms with Gasteiger partial charge in [-0.25, -0.2) is 8.42 Å². The van der Waals surface area contributed by atoms with Crippen LogP contribution >= 0.6 is 11.8 Å². The third-order valence-electron chi connectivity index (χ3n) is 4.37. The average Bonchev–Trinajstić information content (AvgIpc) is 2.62. The number of nitrogens with one attached hydrogen (secondary N) is 1. The number of carbonyl (C=O) groups excluding carboxylic acids is 1. The number of nitrogens with zero attached hydrogens (tertiary/aromatic N) is 1. The van der Waals surface area contributed by atoms with Gasteiger partial charge in [-0.15, -0.1) is 11.8 Å². The summed E-state index contributed by atoms with van der Waals surface area (Å²) in [7, 11) is -1.86. The predicted molar refractivity (Wildman–Crippen MR) is 101 cm³/mol. The Hall–Kier alpha value is -1.09. The average molecular weight is 387 g/mol. The summed E-state index contributed by atoms with van der Waals surface area (Å²) in [6.45, 7) is 0.0407. The quantitative estimate of drug-likeness (QED) is 0.670. The summed E-state index contributed by atoms with van der Waals surface area (Å²) in [6, 6.07) is 6.35. The molecule has 1 fully saturated rings. The third kappa shape index (κ3) is 5.70. The molecule has 0 saturated heterocycles. The number of benzene rings is 1. The normalized spacial score (nSPS) is 16.1. The van der Waals surface area contributed by atoms with Crippen LogP contribution in [0.2, 0.25) is 0 Å². The molecule has 2 N–H and O–H groups in total. The lowest BCUT2D eigenvalue weighted by molar-refractivity contribution is -0.113. The summed E-state index contributed by atoms with van der Waals surface area (Å²) in [5, 5.41) is 11.4. The molecule has 1 aliphatic rings. The maximum atomic E-state index is 12.8. The van der Waals surface area contributed by atoms with Gasteiger partial charge >= 0.3 is 0 Å². The van der Waals surface area contributed by atoms with E-state index < -0.39 is 10.0 Å². The molecule has 6 nitrogen and oxygen atoms in total. The number of carbonyl (C=O) groups is 1. The largest absolute Gasteiger partial charge is 0.396 e. The van der Waals surface area contributed by atoms with Crippen LogP contribution in [-0.4, -0.2) is 54.9 Å². The zero-order chi connectivity index (χ0) is 18.3. The maximum absolute atomic E-state index is 12.8. The van der Waals surface area contributed by atoms with Crippen molar-refractivity contribution >= 4 is 33.4 Å². The van der Waals surface area contributed by atoms with Crippen molar-refractivity contribution in [3.8, 4) is 0 Å². The molecule has 1 aromatic carbocycles. The molecule has 0 unspecified atom stereocenters. The first-order valence-electron chi connectivity index (χ1n) is 8.51. The summed E-state index contributed by atoms with van der Waals surface area (Å²) >= 11 is 1.34. The number of amides is 1. The molecule has 0 heterocycles. The van der Waals surface area contributed by atoms with E-state index in [9.17, 15) is 13.2 Å². The molecule has 0 spiro atoms. The molecule has 0 aromatic heterocycles. The minimum Gasteiger partial charge on any atom is -0.396 e. The van der Waals surface area contributed by atoms with Gasteiger partial charge in [0.2, 0.25) is 15.9 Å². The van der Waals surface area contributed by atoms with E-state index in [1.165, 1.54) is 34.6 Å². The van der Waals surface area contributed by atoms with Crippen LogP contribution < -0.4 is 5.32 Å². The van der Waals surface area contributed by atoms with Gasteiger partial charge in [-0.1, -0.05) is 19.3 Å². The van der Waals surface area contributed by atoms with E-state index in [-0.39, 0.29) is 29.2 Å². The van der Waals surface area contributed by atoms with Crippen molar-refractivity contribution in [2.75, 3.05) is 30.5 Å². The number of hydrogen-bond donors (Lipinski definition) is 2. The summed E-state index contributed by atoms with van der Waals surface area (Å²) < 4.78 is 27.0. The number of rotatable bonds is 8. The fourth-order valence-electron chi connectivity index (χ4n) is 2.94. The zero-order valence-electron chi connectivity index (χ0n) is 14.5. The summed E-state index contributed by atoms with van der Waals surface area (Å²) in [5.41, 5.74) is 0.564. The first kappa shape index (κ1) is 20.2. The second-order valence-electron chi connectivity index (χ2n) is 6.16. The molecule has 0 atom stereocenters. The molecule has 0 aliphatic heterocycles. The maximum Gasteiger partial charge on any atom is 0.243 e. The van der Waals surface area contributed by atoms with Gasteiger partial charge in [0.05, 0.1) is 17.3 Å². The van der Waals surface area contributed by atoms with Gasteiger partial charge in [0.25, 0.3) is 0 Å². The van der Waals surface area contributed by atoms with Crippen LogP contribution in [-0.2, 0) is 14.8 Å². The van der Waals surface area contributed by atoms with Gasteiger partial charge in [0.15, 0.2) is 0 Å². The second kappa shape index (κ2) is 9.56. The second-order valence-corrected chi connectivity index (χ2v) is 9.26. The SMILES string of the molecule is CN(C1CCCCC1)S(=O)(=O)c1ccc(NC(=O)CSCCO)cc1. The molecular formula is C17H26N2O4S2. The Labute approximate surface area is 154 Å². The topological polar surface area (TPSA) is 86.7 Å². The van der Waals surface area contributed by atoms with Gasteiger partial charge in [0, 0.05) is 24.5 Å². The highest BCUT2D eigenvalue weighted by molar-refractivity contribution is 7.99. The van der Waals surface area contributed by atoms with Crippen molar-refractivity contribution < 1.29 is 18.3 Å². The van der Waals surface area contributed by atoms with Crippen LogP contribution in [0.1, 0.15) is 32.1 Å². The predicted octanol–water partition coefficient (Wildman–Crippen LogP) is 2.30. The molecule has 2 rings (SSSR count). The van der Waals surface area contributed by atoms with Gasteiger partial charge in [-0.3, -0.25) is 4.79 Å². The highest BCUT2D eigenvalue weighted by atomic mass is 32.2. The Kier molecular flexibility index (Phi) is 7.74. The molecule has 1 aromatic rings. The van der Waals surface area contributed by atoms with Crippen molar-refractivity contribution in [3.63, 3.8) is 0 Å². The highest BCUT2D eigenvalue weighted by Crippen LogP contribution is 2.27. The van der Waals surface area contributed by atoms with E-state index in [1.54, 1.807) is 19.2 Å². The van der Waals surface area contributed by atoms with Crippen molar-refractivity contribution in [2.24, 2.45) is 0 Å². The first-order chi connectivity index (χ1) is 11.9. The number of sulfonamides is 1. The molecule has 8 heteroatoms. The molecule has 0 bridgehead atoms. The smallest absolute Gasteiger partial charge is 0.243 e. The number of thioether (sulfide) groups is 1. The van der Waals surface area contributed by atoms with Crippen molar-refractivity contribution in [1.29, 1.82) is 0 Å². The highest BCUT2D eigenvalue weighted by Gasteiger charge is 2.28.